The average Bonchev–Trinajstić information content (AvgIpc) is 3.17. The monoisotopic (exact) mass is 381 g/mol. The number of hydrogen-bond donors (Lipinski definition) is 1. The normalized spacial score (nSPS) is 15.1. The Kier molecular flexibility index (Phi) is 5.58. The lowest BCUT2D eigenvalue weighted by Crippen LogP contribution is -2.49. The van der Waals surface area contributed by atoms with E-state index in [2.05, 4.69) is 9.88 Å². The van der Waals surface area contributed by atoms with Crippen LogP contribution in [0.5, 0.6) is 5.75 Å². The second-order valence-corrected chi connectivity index (χ2v) is 7.06. The molecule has 5 nitrogen and oxygen atoms in total. The molecule has 2 aromatic carbocycles. The van der Waals surface area contributed by atoms with Crippen LogP contribution in [0.2, 0.25) is 0 Å². The summed E-state index contributed by atoms with van der Waals surface area (Å²) in [5.74, 6) is 0.498. The minimum absolute atomic E-state index is 0.0653. The van der Waals surface area contributed by atoms with Gasteiger partial charge in [0, 0.05) is 43.6 Å². The van der Waals surface area contributed by atoms with E-state index in [4.69, 9.17) is 4.74 Å². The van der Waals surface area contributed by atoms with Crippen LogP contribution in [-0.4, -0.2) is 60.0 Å². The highest BCUT2D eigenvalue weighted by Gasteiger charge is 2.23. The molecule has 0 radical (unpaired) electrons. The Bertz CT molecular complexity index is 897. The maximum atomic E-state index is 12.9. The maximum Gasteiger partial charge on any atom is 0.270 e. The molecule has 1 fully saturated rings. The first kappa shape index (κ1) is 18.5. The number of carbonyl (C=O) groups excluding carboxylic acids is 1. The predicted molar refractivity (Wildman–Crippen MR) is 107 cm³/mol. The first-order valence-electron chi connectivity index (χ1n) is 9.67. The second kappa shape index (κ2) is 8.44. The van der Waals surface area contributed by atoms with E-state index in [9.17, 15) is 9.18 Å². The number of halogens is 1. The van der Waals surface area contributed by atoms with Crippen molar-refractivity contribution in [2.75, 3.05) is 39.3 Å². The molecule has 0 spiro atoms. The quantitative estimate of drug-likeness (QED) is 0.665. The zero-order chi connectivity index (χ0) is 19.3. The molecular formula is C22H24FN3O2. The summed E-state index contributed by atoms with van der Waals surface area (Å²) in [7, 11) is 0. The van der Waals surface area contributed by atoms with Crippen LogP contribution < -0.4 is 4.74 Å². The van der Waals surface area contributed by atoms with Crippen LogP contribution >= 0.6 is 0 Å². The van der Waals surface area contributed by atoms with E-state index in [1.165, 1.54) is 12.1 Å². The molecule has 1 aromatic heterocycles. The van der Waals surface area contributed by atoms with E-state index in [-0.39, 0.29) is 11.7 Å². The van der Waals surface area contributed by atoms with Gasteiger partial charge in [-0.3, -0.25) is 9.69 Å². The van der Waals surface area contributed by atoms with Gasteiger partial charge in [-0.1, -0.05) is 18.2 Å². The Hall–Kier alpha value is -2.86. The molecule has 1 amide bonds. The fourth-order valence-electron chi connectivity index (χ4n) is 3.54. The number of hydrogen-bond acceptors (Lipinski definition) is 3. The summed E-state index contributed by atoms with van der Waals surface area (Å²) in [6.07, 6.45) is 0.896. The van der Waals surface area contributed by atoms with Gasteiger partial charge in [0.2, 0.25) is 0 Å². The molecule has 1 N–H and O–H groups in total. The van der Waals surface area contributed by atoms with Gasteiger partial charge in [0.1, 0.15) is 17.3 Å². The molecule has 2 heterocycles. The van der Waals surface area contributed by atoms with Crippen molar-refractivity contribution in [3.05, 3.63) is 66.1 Å². The van der Waals surface area contributed by atoms with Gasteiger partial charge in [0.05, 0.1) is 6.61 Å². The van der Waals surface area contributed by atoms with Crippen molar-refractivity contribution in [3.63, 3.8) is 0 Å². The number of benzene rings is 2. The van der Waals surface area contributed by atoms with Gasteiger partial charge in [-0.15, -0.1) is 0 Å². The molecule has 28 heavy (non-hydrogen) atoms. The molecule has 0 saturated carbocycles. The zero-order valence-corrected chi connectivity index (χ0v) is 15.7. The van der Waals surface area contributed by atoms with E-state index < -0.39 is 0 Å². The fraction of sp³-hybridized carbons (Fsp3) is 0.318. The third kappa shape index (κ3) is 4.34. The summed E-state index contributed by atoms with van der Waals surface area (Å²) in [5.41, 5.74) is 1.65. The number of para-hydroxylation sites is 1. The van der Waals surface area contributed by atoms with Gasteiger partial charge in [-0.2, -0.15) is 0 Å². The summed E-state index contributed by atoms with van der Waals surface area (Å²) in [6, 6.07) is 15.9. The molecule has 0 unspecified atom stereocenters. The molecule has 0 aliphatic carbocycles. The SMILES string of the molecule is O=C(c1cc2ccccc2[nH]1)N1CCN(CCCOc2ccc(F)cc2)CC1. The summed E-state index contributed by atoms with van der Waals surface area (Å²) >= 11 is 0. The highest BCUT2D eigenvalue weighted by atomic mass is 19.1. The number of piperazine rings is 1. The van der Waals surface area contributed by atoms with Gasteiger partial charge in [0.25, 0.3) is 5.91 Å². The number of H-pyrrole nitrogens is 1. The van der Waals surface area contributed by atoms with Crippen molar-refractivity contribution in [2.24, 2.45) is 0 Å². The fourth-order valence-corrected chi connectivity index (χ4v) is 3.54. The third-order valence-corrected chi connectivity index (χ3v) is 5.12. The van der Waals surface area contributed by atoms with Crippen molar-refractivity contribution >= 4 is 16.8 Å². The van der Waals surface area contributed by atoms with Crippen molar-refractivity contribution < 1.29 is 13.9 Å². The van der Waals surface area contributed by atoms with Crippen LogP contribution in [0.4, 0.5) is 4.39 Å². The summed E-state index contributed by atoms with van der Waals surface area (Å²) in [5, 5.41) is 1.06. The Morgan fingerprint density at radius 1 is 1.04 bits per heavy atom. The number of amides is 1. The van der Waals surface area contributed by atoms with Gasteiger partial charge in [-0.05, 0) is 42.8 Å². The largest absolute Gasteiger partial charge is 0.494 e. The highest BCUT2D eigenvalue weighted by molar-refractivity contribution is 5.98. The standard InChI is InChI=1S/C22H24FN3O2/c23-18-6-8-19(9-7-18)28-15-3-10-25-11-13-26(14-12-25)22(27)21-16-17-4-1-2-5-20(17)24-21/h1-2,4-9,16,24H,3,10-15H2. The lowest BCUT2D eigenvalue weighted by atomic mass is 10.2. The second-order valence-electron chi connectivity index (χ2n) is 7.06. The van der Waals surface area contributed by atoms with Crippen molar-refractivity contribution in [1.82, 2.24) is 14.8 Å². The molecule has 0 atom stereocenters. The lowest BCUT2D eigenvalue weighted by Gasteiger charge is -2.34. The summed E-state index contributed by atoms with van der Waals surface area (Å²) in [4.78, 5) is 20.2. The van der Waals surface area contributed by atoms with E-state index in [0.717, 1.165) is 50.0 Å². The maximum absolute atomic E-state index is 12.9. The molecule has 1 saturated heterocycles. The Balaban J connectivity index is 1.21. The number of aromatic amines is 1. The Morgan fingerprint density at radius 2 is 1.79 bits per heavy atom. The highest BCUT2D eigenvalue weighted by Crippen LogP contribution is 2.17. The predicted octanol–water partition coefficient (Wildman–Crippen LogP) is 3.53. The zero-order valence-electron chi connectivity index (χ0n) is 15.7. The first-order valence-corrected chi connectivity index (χ1v) is 9.67. The smallest absolute Gasteiger partial charge is 0.270 e. The van der Waals surface area contributed by atoms with Crippen molar-refractivity contribution in [3.8, 4) is 5.75 Å². The van der Waals surface area contributed by atoms with Crippen LogP contribution in [0.1, 0.15) is 16.9 Å². The van der Waals surface area contributed by atoms with Gasteiger partial charge < -0.3 is 14.6 Å². The van der Waals surface area contributed by atoms with E-state index in [1.807, 2.05) is 35.2 Å². The number of nitrogens with one attached hydrogen (secondary N) is 1. The third-order valence-electron chi connectivity index (χ3n) is 5.12. The van der Waals surface area contributed by atoms with Crippen LogP contribution in [0.3, 0.4) is 0 Å². The number of aromatic nitrogens is 1. The minimum atomic E-state index is -0.257. The number of fused-ring (bicyclic) bond motifs is 1. The van der Waals surface area contributed by atoms with Crippen LogP contribution in [-0.2, 0) is 0 Å². The van der Waals surface area contributed by atoms with Crippen LogP contribution in [0, 0.1) is 5.82 Å². The first-order chi connectivity index (χ1) is 13.7. The Morgan fingerprint density at radius 3 is 2.54 bits per heavy atom. The number of rotatable bonds is 6. The van der Waals surface area contributed by atoms with Crippen LogP contribution in [0.15, 0.2) is 54.6 Å². The van der Waals surface area contributed by atoms with Gasteiger partial charge >= 0.3 is 0 Å². The molecular weight excluding hydrogens is 357 g/mol. The topological polar surface area (TPSA) is 48.6 Å². The van der Waals surface area contributed by atoms with Gasteiger partial charge in [0.15, 0.2) is 0 Å². The van der Waals surface area contributed by atoms with E-state index in [0.29, 0.717) is 18.1 Å². The molecule has 0 bridgehead atoms. The molecule has 3 aromatic rings. The number of ether oxygens (including phenoxy) is 1. The molecule has 146 valence electrons. The van der Waals surface area contributed by atoms with Crippen LogP contribution in [0.25, 0.3) is 10.9 Å². The number of carbonyl (C=O) groups is 1. The Labute approximate surface area is 163 Å². The molecule has 4 rings (SSSR count). The molecule has 6 heteroatoms. The average molecular weight is 381 g/mol. The van der Waals surface area contributed by atoms with Gasteiger partial charge in [-0.25, -0.2) is 4.39 Å². The van der Waals surface area contributed by atoms with Crippen molar-refractivity contribution in [1.29, 1.82) is 0 Å². The summed E-state index contributed by atoms with van der Waals surface area (Å²) in [6.45, 7) is 4.71. The van der Waals surface area contributed by atoms with E-state index >= 15 is 0 Å². The number of nitrogens with zero attached hydrogens (tertiary/aromatic N) is 2. The lowest BCUT2D eigenvalue weighted by molar-refractivity contribution is 0.0626. The van der Waals surface area contributed by atoms with Crippen molar-refractivity contribution in [2.45, 2.75) is 6.42 Å². The van der Waals surface area contributed by atoms with E-state index in [1.54, 1.807) is 12.1 Å². The molecule has 1 aliphatic rings. The minimum Gasteiger partial charge on any atom is -0.494 e. The molecule has 1 aliphatic heterocycles. The summed E-state index contributed by atoms with van der Waals surface area (Å²) < 4.78 is 18.5.